The van der Waals surface area contributed by atoms with Gasteiger partial charge >= 0.3 is 0 Å². The smallest absolute Gasteiger partial charge is 0.243 e. The number of primary amides is 1. The van der Waals surface area contributed by atoms with Crippen LogP contribution in [0.2, 0.25) is 0 Å². The average Bonchev–Trinajstić information content (AvgIpc) is 3.96. The third kappa shape index (κ3) is 24.2. The van der Waals surface area contributed by atoms with Crippen LogP contribution >= 0.6 is 0 Å². The van der Waals surface area contributed by atoms with Crippen LogP contribution in [0, 0.1) is 23.7 Å². The van der Waals surface area contributed by atoms with Gasteiger partial charge in [-0.1, -0.05) is 130 Å². The molecule has 1 heterocycles. The number of carbonyl (C=O) groups is 10. The molecule has 2 aromatic carbocycles. The van der Waals surface area contributed by atoms with Crippen LogP contribution in [0.25, 0.3) is 10.9 Å². The van der Waals surface area contributed by atoms with Gasteiger partial charge in [0.25, 0.3) is 0 Å². The number of carbonyl (C=O) groups excluding carboxylic acids is 10. The van der Waals surface area contributed by atoms with Crippen molar-refractivity contribution in [2.75, 3.05) is 19.6 Å². The Hall–Kier alpha value is -7.44. The summed E-state index contributed by atoms with van der Waals surface area (Å²) < 4.78 is 0. The number of benzene rings is 2. The summed E-state index contributed by atoms with van der Waals surface area (Å²) in [6.07, 6.45) is 5.07. The summed E-state index contributed by atoms with van der Waals surface area (Å²) in [7, 11) is 0. The lowest BCUT2D eigenvalue weighted by Crippen LogP contribution is -2.62. The van der Waals surface area contributed by atoms with Crippen molar-refractivity contribution in [1.29, 1.82) is 0 Å². The van der Waals surface area contributed by atoms with Crippen LogP contribution in [0.15, 0.2) is 60.8 Å². The van der Waals surface area contributed by atoms with Crippen LogP contribution in [0.4, 0.5) is 0 Å². The number of para-hydroxylation sites is 1. The molecule has 0 fully saturated rings. The zero-order valence-corrected chi connectivity index (χ0v) is 51.3. The Morgan fingerprint density at radius 2 is 0.906 bits per heavy atom. The zero-order chi connectivity index (χ0) is 63.3. The number of hydrogen-bond acceptors (Lipinski definition) is 13. The SMILES string of the molecule is CCCCCC(=O)N[C@@H](CCN)C(=O)N[C@H](C(=O)N[C@@H](CCN)C(=O)N[C@H](Cc1ccccc1)C(=O)N[C@@H](CC(C)C)C(=O)N[C@@H](CCN)C(=O)N[C@@H](C(=O)N[C@@H](CC(C)C)C(=O)N[C@@H](Cc1c[nH]c2ccccc12)C(N)=O)C(C)C)[C@@H](C)CC. The van der Waals surface area contributed by atoms with Crippen molar-refractivity contribution in [2.45, 2.75) is 194 Å². The van der Waals surface area contributed by atoms with Gasteiger partial charge in [-0.05, 0) is 99.0 Å². The Labute approximate surface area is 500 Å². The molecule has 24 heteroatoms. The van der Waals surface area contributed by atoms with Crippen molar-refractivity contribution in [3.8, 4) is 0 Å². The first-order valence-electron chi connectivity index (χ1n) is 30.1. The van der Waals surface area contributed by atoms with Crippen LogP contribution < -0.4 is 70.8 Å². The maximum absolute atomic E-state index is 14.6. The molecule has 472 valence electrons. The summed E-state index contributed by atoms with van der Waals surface area (Å²) in [5.41, 5.74) is 25.8. The standard InChI is InChI=1S/C61H98N14O10/c1-10-12-14-23-50(76)67-43(24-27-62)55(79)75-52(38(9)11-2)61(85)69-44(25-28-63)54(78)72-49(32-39-19-15-13-16-20-39)59(83)71-47(30-35(3)4)57(81)68-45(26-29-64)56(80)74-51(37(7)8)60(84)73-48(31-36(5)6)58(82)70-46(53(65)77)33-40-34-66-42-22-18-17-21-41(40)42/h13,15-22,34-38,43-49,51-52,66H,10-12,14,23-33,62-64H2,1-9H3,(H2,65,77)(H,67,76)(H,68,81)(H,69,85)(H,70,82)(H,71,83)(H,72,78)(H,73,84)(H,74,80)(H,75,79)/t38-,43-,44-,45-,46-,47-,48-,49+,51+,52-/m0/s1. The Morgan fingerprint density at radius 3 is 1.42 bits per heavy atom. The molecule has 18 N–H and O–H groups in total. The number of hydrogen-bond donors (Lipinski definition) is 14. The van der Waals surface area contributed by atoms with Gasteiger partial charge < -0.3 is 75.8 Å². The Morgan fingerprint density at radius 1 is 0.471 bits per heavy atom. The molecule has 85 heavy (non-hydrogen) atoms. The van der Waals surface area contributed by atoms with Crippen LogP contribution in [0.5, 0.6) is 0 Å². The van der Waals surface area contributed by atoms with Crippen LogP contribution in [-0.4, -0.2) is 138 Å². The monoisotopic (exact) mass is 1190 g/mol. The van der Waals surface area contributed by atoms with Crippen molar-refractivity contribution >= 4 is 70.0 Å². The number of amides is 10. The Balaban J connectivity index is 1.84. The van der Waals surface area contributed by atoms with E-state index in [2.05, 4.69) is 52.8 Å². The number of unbranched alkanes of at least 4 members (excludes halogenated alkanes) is 2. The van der Waals surface area contributed by atoms with E-state index in [1.165, 1.54) is 0 Å². The summed E-state index contributed by atoms with van der Waals surface area (Å²) in [6.45, 7) is 16.3. The topological polar surface area (TPSA) is 399 Å². The first-order valence-corrected chi connectivity index (χ1v) is 30.1. The molecule has 1 aromatic heterocycles. The second kappa shape index (κ2) is 37.1. The molecule has 0 bridgehead atoms. The van der Waals surface area contributed by atoms with Crippen molar-refractivity contribution in [3.05, 3.63) is 71.9 Å². The highest BCUT2D eigenvalue weighted by Gasteiger charge is 2.37. The summed E-state index contributed by atoms with van der Waals surface area (Å²) in [5.74, 6) is -8.07. The Kier molecular flexibility index (Phi) is 31.3. The lowest BCUT2D eigenvalue weighted by atomic mass is 9.97. The van der Waals surface area contributed by atoms with Crippen molar-refractivity contribution in [3.63, 3.8) is 0 Å². The summed E-state index contributed by atoms with van der Waals surface area (Å²) in [4.78, 5) is 142. The molecule has 0 saturated heterocycles. The van der Waals surface area contributed by atoms with E-state index < -0.39 is 119 Å². The van der Waals surface area contributed by atoms with E-state index in [4.69, 9.17) is 22.9 Å². The fourth-order valence-electron chi connectivity index (χ4n) is 9.67. The average molecular weight is 1190 g/mol. The first kappa shape index (κ1) is 71.8. The predicted molar refractivity (Wildman–Crippen MR) is 327 cm³/mol. The Bertz CT molecular complexity index is 2650. The summed E-state index contributed by atoms with van der Waals surface area (Å²) >= 11 is 0. The molecule has 10 atom stereocenters. The highest BCUT2D eigenvalue weighted by molar-refractivity contribution is 5.99. The quantitative estimate of drug-likeness (QED) is 0.0358. The zero-order valence-electron chi connectivity index (χ0n) is 51.3. The minimum Gasteiger partial charge on any atom is -0.368 e. The number of nitrogens with one attached hydrogen (secondary N) is 10. The largest absolute Gasteiger partial charge is 0.368 e. The van der Waals surface area contributed by atoms with E-state index in [1.807, 2.05) is 65.8 Å². The molecule has 3 rings (SSSR count). The first-order chi connectivity index (χ1) is 40.4. The second-order valence-electron chi connectivity index (χ2n) is 23.2. The van der Waals surface area contributed by atoms with Gasteiger partial charge in [0, 0.05) is 36.4 Å². The van der Waals surface area contributed by atoms with Gasteiger partial charge in [-0.15, -0.1) is 0 Å². The van der Waals surface area contributed by atoms with Crippen LogP contribution in [0.3, 0.4) is 0 Å². The lowest BCUT2D eigenvalue weighted by Gasteiger charge is -2.30. The van der Waals surface area contributed by atoms with Crippen LogP contribution in [0.1, 0.15) is 138 Å². The molecule has 10 amide bonds. The van der Waals surface area contributed by atoms with Gasteiger partial charge in [0.05, 0.1) is 0 Å². The lowest BCUT2D eigenvalue weighted by molar-refractivity contribution is -0.136. The van der Waals surface area contributed by atoms with Gasteiger partial charge in [0.15, 0.2) is 0 Å². The number of H-pyrrole nitrogens is 1. The van der Waals surface area contributed by atoms with E-state index in [-0.39, 0.29) is 88.7 Å². The number of rotatable bonds is 39. The van der Waals surface area contributed by atoms with E-state index in [1.54, 1.807) is 57.3 Å². The third-order valence-electron chi connectivity index (χ3n) is 14.7. The van der Waals surface area contributed by atoms with Crippen molar-refractivity contribution in [2.24, 2.45) is 46.6 Å². The summed E-state index contributed by atoms with van der Waals surface area (Å²) in [5, 5.41) is 25.6. The normalized spacial score (nSPS) is 15.0. The maximum Gasteiger partial charge on any atom is 0.243 e. The fraction of sp³-hybridized carbons (Fsp3) is 0.607. The highest BCUT2D eigenvalue weighted by atomic mass is 16.2. The van der Waals surface area contributed by atoms with E-state index in [0.717, 1.165) is 29.3 Å². The van der Waals surface area contributed by atoms with Crippen LogP contribution in [-0.2, 0) is 60.8 Å². The van der Waals surface area contributed by atoms with E-state index in [9.17, 15) is 47.9 Å². The van der Waals surface area contributed by atoms with Gasteiger partial charge in [0.1, 0.15) is 54.4 Å². The molecule has 24 nitrogen and oxygen atoms in total. The highest BCUT2D eigenvalue weighted by Crippen LogP contribution is 2.20. The number of aromatic amines is 1. The van der Waals surface area contributed by atoms with Gasteiger partial charge in [-0.25, -0.2) is 0 Å². The molecule has 0 radical (unpaired) electrons. The summed E-state index contributed by atoms with van der Waals surface area (Å²) in [6, 6.07) is 5.45. The van der Waals surface area contributed by atoms with Gasteiger partial charge in [-0.3, -0.25) is 47.9 Å². The minimum atomic E-state index is -1.33. The van der Waals surface area contributed by atoms with Crippen molar-refractivity contribution < 1.29 is 47.9 Å². The minimum absolute atomic E-state index is 0.0523. The molecule has 0 aliphatic rings. The van der Waals surface area contributed by atoms with Crippen molar-refractivity contribution in [1.82, 2.24) is 52.8 Å². The molecule has 0 spiro atoms. The maximum atomic E-state index is 14.6. The molecule has 0 aliphatic carbocycles. The fourth-order valence-corrected chi connectivity index (χ4v) is 9.67. The molecule has 0 saturated carbocycles. The second-order valence-corrected chi connectivity index (χ2v) is 23.2. The van der Waals surface area contributed by atoms with E-state index in [0.29, 0.717) is 18.4 Å². The number of fused-ring (bicyclic) bond motifs is 1. The van der Waals surface area contributed by atoms with Gasteiger partial charge in [-0.2, -0.15) is 0 Å². The predicted octanol–water partition coefficient (Wildman–Crippen LogP) is 1.22. The number of aromatic nitrogens is 1. The number of nitrogens with two attached hydrogens (primary N) is 4. The molecule has 3 aromatic rings. The van der Waals surface area contributed by atoms with Gasteiger partial charge in [0.2, 0.25) is 59.1 Å². The molecular weight excluding hydrogens is 1090 g/mol. The molecular formula is C61H98N14O10. The molecule has 0 aliphatic heterocycles. The molecule has 0 unspecified atom stereocenters. The van der Waals surface area contributed by atoms with E-state index >= 15 is 0 Å². The third-order valence-corrected chi connectivity index (χ3v) is 14.7.